The average molecular weight is 183 g/mol. The zero-order valence-corrected chi connectivity index (χ0v) is 8.92. The Bertz CT molecular complexity index is 189. The number of ketones is 1. The number of Topliss-reactive ketones (excluding diaryl/α,β-unsaturated/α-hetero) is 1. The maximum absolute atomic E-state index is 11.9. The van der Waals surface area contributed by atoms with Gasteiger partial charge in [0.15, 0.2) is 0 Å². The molecular weight excluding hydrogens is 162 g/mol. The summed E-state index contributed by atoms with van der Waals surface area (Å²) in [5.41, 5.74) is 5.79. The van der Waals surface area contributed by atoms with Gasteiger partial charge in [-0.15, -0.1) is 0 Å². The fourth-order valence-electron chi connectivity index (χ4n) is 1.98. The normalized spacial score (nSPS) is 30.8. The highest BCUT2D eigenvalue weighted by Gasteiger charge is 2.31. The van der Waals surface area contributed by atoms with Crippen LogP contribution < -0.4 is 5.73 Å². The van der Waals surface area contributed by atoms with Crippen molar-refractivity contribution in [3.05, 3.63) is 0 Å². The van der Waals surface area contributed by atoms with Crippen LogP contribution in [-0.2, 0) is 4.79 Å². The van der Waals surface area contributed by atoms with Crippen LogP contribution in [0.2, 0.25) is 0 Å². The van der Waals surface area contributed by atoms with E-state index in [0.29, 0.717) is 11.7 Å². The van der Waals surface area contributed by atoms with E-state index in [2.05, 4.69) is 13.8 Å². The molecule has 0 aromatic rings. The summed E-state index contributed by atoms with van der Waals surface area (Å²) in [6.45, 7) is 6.26. The molecule has 1 fully saturated rings. The van der Waals surface area contributed by atoms with Crippen molar-refractivity contribution < 1.29 is 4.79 Å². The van der Waals surface area contributed by atoms with Gasteiger partial charge in [-0.25, -0.2) is 0 Å². The van der Waals surface area contributed by atoms with Crippen LogP contribution in [0.1, 0.15) is 40.0 Å². The molecule has 2 nitrogen and oxygen atoms in total. The van der Waals surface area contributed by atoms with Gasteiger partial charge in [-0.1, -0.05) is 20.8 Å². The molecule has 0 heterocycles. The number of carbonyl (C=O) groups excluding carboxylic acids is 1. The molecule has 1 rings (SSSR count). The Morgan fingerprint density at radius 3 is 2.31 bits per heavy atom. The monoisotopic (exact) mass is 183 g/mol. The van der Waals surface area contributed by atoms with Crippen molar-refractivity contribution in [3.63, 3.8) is 0 Å². The molecule has 76 valence electrons. The topological polar surface area (TPSA) is 43.1 Å². The first-order valence-electron chi connectivity index (χ1n) is 5.31. The van der Waals surface area contributed by atoms with Gasteiger partial charge in [-0.2, -0.15) is 0 Å². The Morgan fingerprint density at radius 1 is 1.31 bits per heavy atom. The summed E-state index contributed by atoms with van der Waals surface area (Å²) in [6, 6.07) is 0.272. The van der Waals surface area contributed by atoms with Crippen molar-refractivity contribution in [2.24, 2.45) is 23.5 Å². The molecule has 0 aromatic carbocycles. The van der Waals surface area contributed by atoms with Crippen LogP contribution in [0.4, 0.5) is 0 Å². The molecule has 1 saturated carbocycles. The molecule has 0 bridgehead atoms. The highest BCUT2D eigenvalue weighted by molar-refractivity contribution is 5.83. The molecule has 0 aliphatic heterocycles. The summed E-state index contributed by atoms with van der Waals surface area (Å²) in [6.07, 6.45) is 2.95. The third kappa shape index (κ3) is 2.53. The highest BCUT2D eigenvalue weighted by atomic mass is 16.1. The van der Waals surface area contributed by atoms with E-state index in [1.165, 1.54) is 0 Å². The van der Waals surface area contributed by atoms with Crippen molar-refractivity contribution in [1.29, 1.82) is 0 Å². The van der Waals surface area contributed by atoms with Gasteiger partial charge in [0.2, 0.25) is 0 Å². The largest absolute Gasteiger partial charge is 0.328 e. The van der Waals surface area contributed by atoms with Crippen LogP contribution in [0.25, 0.3) is 0 Å². The quantitative estimate of drug-likeness (QED) is 0.727. The Hall–Kier alpha value is -0.370. The minimum absolute atomic E-state index is 0.204. The highest BCUT2D eigenvalue weighted by Crippen LogP contribution is 2.29. The lowest BCUT2D eigenvalue weighted by molar-refractivity contribution is -0.127. The van der Waals surface area contributed by atoms with E-state index in [1.807, 2.05) is 6.92 Å². The summed E-state index contributed by atoms with van der Waals surface area (Å²) in [5, 5.41) is 0. The second-order valence-corrected chi connectivity index (χ2v) is 4.71. The third-order valence-electron chi connectivity index (χ3n) is 3.32. The first-order valence-corrected chi connectivity index (χ1v) is 5.31. The molecule has 0 radical (unpaired) electrons. The van der Waals surface area contributed by atoms with Gasteiger partial charge in [0, 0.05) is 17.9 Å². The fraction of sp³-hybridized carbons (Fsp3) is 0.909. The number of hydrogen-bond acceptors (Lipinski definition) is 2. The summed E-state index contributed by atoms with van der Waals surface area (Å²) in [7, 11) is 0. The Kier molecular flexibility index (Phi) is 3.48. The molecular formula is C11H21NO. The average Bonchev–Trinajstić information content (AvgIpc) is 2.49. The molecule has 3 atom stereocenters. The summed E-state index contributed by atoms with van der Waals surface area (Å²) >= 11 is 0. The van der Waals surface area contributed by atoms with Crippen LogP contribution in [0, 0.1) is 17.8 Å². The van der Waals surface area contributed by atoms with Gasteiger partial charge < -0.3 is 5.73 Å². The SMILES string of the molecule is CC(C)C(C)C(=O)C1CCC(N)C1. The lowest BCUT2D eigenvalue weighted by Crippen LogP contribution is -2.25. The lowest BCUT2D eigenvalue weighted by atomic mass is 9.85. The molecule has 0 spiro atoms. The van der Waals surface area contributed by atoms with Gasteiger partial charge in [0.25, 0.3) is 0 Å². The zero-order valence-electron chi connectivity index (χ0n) is 8.92. The minimum Gasteiger partial charge on any atom is -0.328 e. The van der Waals surface area contributed by atoms with Crippen LogP contribution in [0.3, 0.4) is 0 Å². The number of nitrogens with two attached hydrogens (primary N) is 1. The standard InChI is InChI=1S/C11H21NO/c1-7(2)8(3)11(13)9-4-5-10(12)6-9/h7-10H,4-6,12H2,1-3H3. The molecule has 2 heteroatoms. The first-order chi connectivity index (χ1) is 6.02. The van der Waals surface area contributed by atoms with Gasteiger partial charge in [0.05, 0.1) is 0 Å². The predicted molar refractivity (Wildman–Crippen MR) is 54.3 cm³/mol. The molecule has 0 amide bonds. The summed E-state index contributed by atoms with van der Waals surface area (Å²) < 4.78 is 0. The molecule has 3 unspecified atom stereocenters. The van der Waals surface area contributed by atoms with Crippen LogP contribution in [0.5, 0.6) is 0 Å². The van der Waals surface area contributed by atoms with E-state index in [9.17, 15) is 4.79 Å². The molecule has 0 aromatic heterocycles. The van der Waals surface area contributed by atoms with Crippen molar-refractivity contribution in [3.8, 4) is 0 Å². The predicted octanol–water partition coefficient (Wildman–Crippen LogP) is 1.98. The summed E-state index contributed by atoms with van der Waals surface area (Å²) in [4.78, 5) is 11.9. The van der Waals surface area contributed by atoms with Crippen molar-refractivity contribution in [1.82, 2.24) is 0 Å². The third-order valence-corrected chi connectivity index (χ3v) is 3.32. The van der Waals surface area contributed by atoms with Crippen LogP contribution >= 0.6 is 0 Å². The number of carbonyl (C=O) groups is 1. The van der Waals surface area contributed by atoms with E-state index in [4.69, 9.17) is 5.73 Å². The van der Waals surface area contributed by atoms with Crippen molar-refractivity contribution in [2.75, 3.05) is 0 Å². The van der Waals surface area contributed by atoms with Gasteiger partial charge >= 0.3 is 0 Å². The minimum atomic E-state index is 0.204. The Balaban J connectivity index is 2.48. The maximum Gasteiger partial charge on any atom is 0.139 e. The molecule has 1 aliphatic carbocycles. The second kappa shape index (κ2) is 4.23. The maximum atomic E-state index is 11.9. The van der Waals surface area contributed by atoms with Crippen molar-refractivity contribution in [2.45, 2.75) is 46.1 Å². The van der Waals surface area contributed by atoms with E-state index < -0.39 is 0 Å². The molecule has 1 aliphatic rings. The van der Waals surface area contributed by atoms with E-state index >= 15 is 0 Å². The van der Waals surface area contributed by atoms with Gasteiger partial charge in [-0.05, 0) is 25.2 Å². The Labute approximate surface area is 80.9 Å². The van der Waals surface area contributed by atoms with Crippen LogP contribution in [0.15, 0.2) is 0 Å². The smallest absolute Gasteiger partial charge is 0.139 e. The summed E-state index contributed by atoms with van der Waals surface area (Å²) in [5.74, 6) is 1.36. The van der Waals surface area contributed by atoms with Gasteiger partial charge in [-0.3, -0.25) is 4.79 Å². The van der Waals surface area contributed by atoms with Crippen LogP contribution in [-0.4, -0.2) is 11.8 Å². The fourth-order valence-corrected chi connectivity index (χ4v) is 1.98. The zero-order chi connectivity index (χ0) is 10.0. The van der Waals surface area contributed by atoms with E-state index in [-0.39, 0.29) is 17.9 Å². The molecule has 13 heavy (non-hydrogen) atoms. The molecule has 0 saturated heterocycles. The van der Waals surface area contributed by atoms with Crippen molar-refractivity contribution >= 4 is 5.78 Å². The van der Waals surface area contributed by atoms with Gasteiger partial charge in [0.1, 0.15) is 5.78 Å². The van der Waals surface area contributed by atoms with E-state index in [1.54, 1.807) is 0 Å². The van der Waals surface area contributed by atoms with E-state index in [0.717, 1.165) is 19.3 Å². The number of rotatable bonds is 3. The lowest BCUT2D eigenvalue weighted by Gasteiger charge is -2.18. The number of hydrogen-bond donors (Lipinski definition) is 1. The second-order valence-electron chi connectivity index (χ2n) is 4.71. The molecule has 2 N–H and O–H groups in total. The first kappa shape index (κ1) is 10.7. The Morgan fingerprint density at radius 2 is 1.92 bits per heavy atom.